The monoisotopic (exact) mass is 576 g/mol. The molecule has 2 aromatic rings. The molecule has 3 rings (SSSR count). The molecule has 0 aliphatic carbocycles. The molecule has 1 aliphatic rings. The molecule has 0 aromatic carbocycles. The molecule has 1 fully saturated rings. The maximum atomic E-state index is 11.9. The lowest BCUT2D eigenvalue weighted by atomic mass is 9.99. The van der Waals surface area contributed by atoms with Gasteiger partial charge >= 0.3 is 23.5 Å². The van der Waals surface area contributed by atoms with E-state index in [1.165, 1.54) is 0 Å². The van der Waals surface area contributed by atoms with E-state index in [-0.39, 0.29) is 4.64 Å². The second-order valence-corrected chi connectivity index (χ2v) is 12.6. The molecule has 35 heavy (non-hydrogen) atoms. The summed E-state index contributed by atoms with van der Waals surface area (Å²) in [6, 6.07) is 1.65. The van der Waals surface area contributed by atoms with Gasteiger partial charge in [-0.05, 0) is 38.0 Å². The van der Waals surface area contributed by atoms with Crippen LogP contribution in [0.2, 0.25) is 0 Å². The third-order valence-electron chi connectivity index (χ3n) is 5.32. The van der Waals surface area contributed by atoms with Gasteiger partial charge in [-0.3, -0.25) is 4.52 Å². The lowest BCUT2D eigenvalue weighted by Crippen LogP contribution is -2.33. The van der Waals surface area contributed by atoms with Crippen LogP contribution in [-0.4, -0.2) is 64.7 Å². The van der Waals surface area contributed by atoms with Crippen molar-refractivity contribution >= 4 is 46.7 Å². The fourth-order valence-corrected chi connectivity index (χ4v) is 6.76. The van der Waals surface area contributed by atoms with Gasteiger partial charge in [0.2, 0.25) is 0 Å². The molecule has 0 saturated carbocycles. The van der Waals surface area contributed by atoms with Gasteiger partial charge in [-0.15, -0.1) is 0 Å². The molecule has 2 aromatic heterocycles. The van der Waals surface area contributed by atoms with E-state index in [1.54, 1.807) is 6.07 Å². The number of aryl methyl sites for hydroxylation is 2. The van der Waals surface area contributed by atoms with E-state index in [9.17, 15) is 33.7 Å². The molecular weight excluding hydrogens is 553 g/mol. The van der Waals surface area contributed by atoms with Crippen molar-refractivity contribution in [3.8, 4) is 0 Å². The number of hydrogen-bond donors (Lipinski definition) is 7. The van der Waals surface area contributed by atoms with E-state index in [4.69, 9.17) is 26.7 Å². The second kappa shape index (κ2) is 10.1. The third kappa shape index (κ3) is 6.69. The Morgan fingerprint density at radius 2 is 1.66 bits per heavy atom. The Morgan fingerprint density at radius 3 is 2.26 bits per heavy atom. The molecule has 0 radical (unpaired) electrons. The van der Waals surface area contributed by atoms with Crippen LogP contribution < -0.4 is 0 Å². The fraction of sp³-hybridized carbons (Fsp3) is 0.500. The van der Waals surface area contributed by atoms with Crippen molar-refractivity contribution in [2.24, 2.45) is 0 Å². The first kappa shape index (κ1) is 28.6. The highest BCUT2D eigenvalue weighted by Crippen LogP contribution is 2.66. The molecule has 0 spiro atoms. The predicted molar refractivity (Wildman–Crippen MR) is 121 cm³/mol. The molecule has 7 N–H and O–H groups in total. The minimum Gasteiger partial charge on any atom is -0.387 e. The van der Waals surface area contributed by atoms with Crippen LogP contribution in [0, 0.1) is 25.4 Å². The summed E-state index contributed by atoms with van der Waals surface area (Å²) in [6.45, 7) is 4.68. The number of nitrogens with zero attached hydrogens (tertiary/aromatic N) is 1. The maximum absolute atomic E-state index is 11.9. The van der Waals surface area contributed by atoms with Crippen LogP contribution in [0.25, 0.3) is 11.0 Å². The summed E-state index contributed by atoms with van der Waals surface area (Å²) in [6.07, 6.45) is -5.80. The highest BCUT2D eigenvalue weighted by atomic mass is 32.1. The molecule has 196 valence electrons. The zero-order valence-electron chi connectivity index (χ0n) is 18.3. The highest BCUT2D eigenvalue weighted by molar-refractivity contribution is 7.71. The van der Waals surface area contributed by atoms with E-state index in [0.717, 1.165) is 16.8 Å². The maximum Gasteiger partial charge on any atom is 0.490 e. The Bertz CT molecular complexity index is 1340. The van der Waals surface area contributed by atoms with Crippen molar-refractivity contribution in [3.05, 3.63) is 33.1 Å². The molecule has 6 atom stereocenters. The van der Waals surface area contributed by atoms with Gasteiger partial charge in [0, 0.05) is 16.6 Å². The molecule has 3 unspecified atom stereocenters. The molecule has 0 amide bonds. The van der Waals surface area contributed by atoms with Crippen LogP contribution in [0.3, 0.4) is 0 Å². The van der Waals surface area contributed by atoms with Gasteiger partial charge in [0.1, 0.15) is 34.7 Å². The van der Waals surface area contributed by atoms with Crippen molar-refractivity contribution < 1.29 is 61.4 Å². The fourth-order valence-electron chi connectivity index (χ4n) is 3.46. The minimum absolute atomic E-state index is 0.164. The van der Waals surface area contributed by atoms with Crippen LogP contribution in [0.4, 0.5) is 0 Å². The van der Waals surface area contributed by atoms with E-state index in [0.29, 0.717) is 16.6 Å². The second-order valence-electron chi connectivity index (χ2n) is 7.73. The zero-order valence-corrected chi connectivity index (χ0v) is 21.8. The van der Waals surface area contributed by atoms with Gasteiger partial charge in [0.15, 0.2) is 0 Å². The van der Waals surface area contributed by atoms with Gasteiger partial charge in [-0.25, -0.2) is 18.7 Å². The van der Waals surface area contributed by atoms with Crippen LogP contribution >= 0.6 is 35.7 Å². The van der Waals surface area contributed by atoms with E-state index >= 15 is 0 Å². The Kier molecular flexibility index (Phi) is 8.25. The number of aromatic amines is 1. The number of aromatic nitrogens is 2. The summed E-state index contributed by atoms with van der Waals surface area (Å²) in [4.78, 5) is 43.3. The van der Waals surface area contributed by atoms with Crippen LogP contribution in [0.1, 0.15) is 28.5 Å². The van der Waals surface area contributed by atoms with Gasteiger partial charge in [0.05, 0.1) is 6.61 Å². The number of nitrogens with one attached hydrogen (secondary N) is 1. The first-order chi connectivity index (χ1) is 15.9. The number of pyridine rings is 2. The number of rotatable bonds is 8. The first-order valence-corrected chi connectivity index (χ1v) is 14.6. The average Bonchev–Trinajstić information content (AvgIpc) is 2.96. The Morgan fingerprint density at radius 1 is 1.03 bits per heavy atom. The summed E-state index contributed by atoms with van der Waals surface area (Å²) in [7, 11) is -16.7. The smallest absolute Gasteiger partial charge is 0.387 e. The quantitative estimate of drug-likeness (QED) is 0.175. The molecule has 19 heteroatoms. The first-order valence-electron chi connectivity index (χ1n) is 9.71. The van der Waals surface area contributed by atoms with Crippen molar-refractivity contribution in [3.63, 3.8) is 0 Å². The SMILES string of the molecule is Cc1nc2[nH]c(=S)c([C@@H]3O[C@H](COP(=O)(O)OP(=O)(O)OP(=O)(O)O)[C@H](O)C3O)cc2c(C)c1C. The molecule has 1 aliphatic heterocycles. The van der Waals surface area contributed by atoms with Crippen molar-refractivity contribution in [1.29, 1.82) is 0 Å². The largest absolute Gasteiger partial charge is 0.490 e. The van der Waals surface area contributed by atoms with Gasteiger partial charge in [-0.1, -0.05) is 12.2 Å². The van der Waals surface area contributed by atoms with Crippen LogP contribution in [0.15, 0.2) is 6.07 Å². The Balaban J connectivity index is 1.79. The van der Waals surface area contributed by atoms with Crippen molar-refractivity contribution in [2.75, 3.05) is 6.61 Å². The Labute approximate surface area is 203 Å². The minimum atomic E-state index is -5.70. The molecule has 0 bridgehead atoms. The number of phosphoric acid groups is 3. The average molecular weight is 576 g/mol. The number of fused-ring (bicyclic) bond motifs is 1. The summed E-state index contributed by atoms with van der Waals surface area (Å²) < 4.78 is 51.5. The van der Waals surface area contributed by atoms with Gasteiger partial charge in [-0.2, -0.15) is 8.62 Å². The summed E-state index contributed by atoms with van der Waals surface area (Å²) in [5.74, 6) is 0. The van der Waals surface area contributed by atoms with E-state index in [1.807, 2.05) is 20.8 Å². The molecule has 3 heterocycles. The number of ether oxygens (including phenoxy) is 1. The normalized spacial score (nSPS) is 26.5. The molecular formula is C16H23N2O13P3S. The van der Waals surface area contributed by atoms with Gasteiger partial charge in [0.25, 0.3) is 0 Å². The van der Waals surface area contributed by atoms with Crippen molar-refractivity contribution in [1.82, 2.24) is 9.97 Å². The summed E-state index contributed by atoms with van der Waals surface area (Å²) in [5, 5.41) is 21.6. The number of hydrogen-bond acceptors (Lipinski definition) is 11. The molecule has 1 saturated heterocycles. The van der Waals surface area contributed by atoms with Crippen LogP contribution in [0.5, 0.6) is 0 Å². The molecule has 15 nitrogen and oxygen atoms in total. The number of aliphatic hydroxyl groups excluding tert-OH is 2. The van der Waals surface area contributed by atoms with E-state index in [2.05, 4.69) is 23.1 Å². The number of H-pyrrole nitrogens is 1. The third-order valence-corrected chi connectivity index (χ3v) is 9.46. The Hall–Kier alpha value is -0.930. The summed E-state index contributed by atoms with van der Waals surface area (Å²) in [5.41, 5.74) is 3.45. The zero-order chi connectivity index (χ0) is 26.5. The highest BCUT2D eigenvalue weighted by Gasteiger charge is 2.46. The number of phosphoric ester groups is 1. The van der Waals surface area contributed by atoms with Gasteiger partial charge < -0.3 is 39.5 Å². The van der Waals surface area contributed by atoms with E-state index < -0.39 is 54.5 Å². The topological polar surface area (TPSA) is 238 Å². The predicted octanol–water partition coefficient (Wildman–Crippen LogP) is 1.72. The lowest BCUT2D eigenvalue weighted by molar-refractivity contribution is -0.0224. The van der Waals surface area contributed by atoms with Crippen molar-refractivity contribution in [2.45, 2.75) is 45.2 Å². The lowest BCUT2D eigenvalue weighted by Gasteiger charge is -2.19. The summed E-state index contributed by atoms with van der Waals surface area (Å²) >= 11 is 5.35. The number of aliphatic hydroxyl groups is 2. The van der Waals surface area contributed by atoms with Crippen LogP contribution in [-0.2, 0) is 31.6 Å². The standard InChI is InChI=1S/C16H23N2O13P3S/c1-6-7(2)9-4-10(16(35)18-15(9)17-8(6)3)14-13(20)12(19)11(29-14)5-28-33(24,25)31-34(26,27)30-32(21,22)23/h4,11-14,19-20H,5H2,1-3H3,(H,24,25)(H,26,27)(H,17,18,35)(H2,21,22,23)/t11-,12+,13?,14+/m1/s1.